The van der Waals surface area contributed by atoms with Gasteiger partial charge in [0.2, 0.25) is 0 Å². The first-order valence-electron chi connectivity index (χ1n) is 4.13. The van der Waals surface area contributed by atoms with E-state index in [2.05, 4.69) is 9.98 Å². The number of aromatic nitrogens is 1. The van der Waals surface area contributed by atoms with Crippen LogP contribution >= 0.6 is 0 Å². The Hall–Kier alpha value is -1.59. The van der Waals surface area contributed by atoms with E-state index < -0.39 is 11.7 Å². The van der Waals surface area contributed by atoms with Crippen molar-refractivity contribution in [2.45, 2.75) is 6.18 Å². The van der Waals surface area contributed by atoms with Gasteiger partial charge in [-0.1, -0.05) is 0 Å². The number of halogens is 3. The Morgan fingerprint density at radius 2 is 2.00 bits per heavy atom. The van der Waals surface area contributed by atoms with E-state index in [0.29, 0.717) is 0 Å². The monoisotopic (exact) mass is 217 g/mol. The maximum absolute atomic E-state index is 12.1. The number of aliphatic imine (C=N–C) groups is 1. The summed E-state index contributed by atoms with van der Waals surface area (Å²) < 4.78 is 36.4. The van der Waals surface area contributed by atoms with Crippen molar-refractivity contribution in [2.24, 2.45) is 4.99 Å². The quantitative estimate of drug-likeness (QED) is 0.561. The highest BCUT2D eigenvalue weighted by Crippen LogP contribution is 2.29. The predicted molar refractivity (Wildman–Crippen MR) is 51.1 cm³/mol. The van der Waals surface area contributed by atoms with Crippen molar-refractivity contribution in [2.75, 3.05) is 14.1 Å². The summed E-state index contributed by atoms with van der Waals surface area (Å²) in [7, 11) is 3.52. The maximum Gasteiger partial charge on any atom is 0.417 e. The molecule has 1 heterocycles. The summed E-state index contributed by atoms with van der Waals surface area (Å²) in [6, 6.07) is 2.18. The molecule has 0 saturated carbocycles. The molecule has 1 rings (SSSR count). The van der Waals surface area contributed by atoms with Crippen LogP contribution in [0.25, 0.3) is 0 Å². The molecule has 0 radical (unpaired) electrons. The number of nitrogens with zero attached hydrogens (tertiary/aromatic N) is 3. The molecule has 0 amide bonds. The average Bonchev–Trinajstić information content (AvgIpc) is 2.14. The lowest BCUT2D eigenvalue weighted by Gasteiger charge is -2.05. The van der Waals surface area contributed by atoms with Gasteiger partial charge >= 0.3 is 6.18 Å². The summed E-state index contributed by atoms with van der Waals surface area (Å²) in [4.78, 5) is 9.09. The molecule has 0 N–H and O–H groups in total. The second-order valence-electron chi connectivity index (χ2n) is 3.11. The van der Waals surface area contributed by atoms with Crippen molar-refractivity contribution < 1.29 is 13.2 Å². The molecule has 0 bridgehead atoms. The van der Waals surface area contributed by atoms with E-state index >= 15 is 0 Å². The highest BCUT2D eigenvalue weighted by molar-refractivity contribution is 5.58. The van der Waals surface area contributed by atoms with Crippen molar-refractivity contribution in [3.05, 3.63) is 23.9 Å². The Balaban J connectivity index is 2.82. The van der Waals surface area contributed by atoms with E-state index in [1.54, 1.807) is 19.0 Å². The van der Waals surface area contributed by atoms with Crippen LogP contribution in [0.1, 0.15) is 5.56 Å². The molecule has 0 aromatic carbocycles. The number of pyridine rings is 1. The Kier molecular flexibility index (Phi) is 3.28. The summed E-state index contributed by atoms with van der Waals surface area (Å²) >= 11 is 0. The Morgan fingerprint density at radius 1 is 1.33 bits per heavy atom. The molecule has 0 spiro atoms. The van der Waals surface area contributed by atoms with Gasteiger partial charge in [0.1, 0.15) is 0 Å². The summed E-state index contributed by atoms with van der Waals surface area (Å²) in [6.07, 6.45) is -2.12. The molecule has 0 aliphatic heterocycles. The average molecular weight is 217 g/mol. The molecule has 3 nitrogen and oxygen atoms in total. The molecule has 0 saturated heterocycles. The number of hydrogen-bond acceptors (Lipinski definition) is 2. The van der Waals surface area contributed by atoms with Gasteiger partial charge < -0.3 is 4.90 Å². The summed E-state index contributed by atoms with van der Waals surface area (Å²) in [5.41, 5.74) is -0.772. The zero-order chi connectivity index (χ0) is 11.5. The molecule has 1 aromatic rings. The van der Waals surface area contributed by atoms with Crippen LogP contribution in [0.2, 0.25) is 0 Å². The van der Waals surface area contributed by atoms with Gasteiger partial charge in [-0.25, -0.2) is 9.98 Å². The predicted octanol–water partition coefficient (Wildman–Crippen LogP) is 2.32. The molecule has 15 heavy (non-hydrogen) atoms. The van der Waals surface area contributed by atoms with Crippen molar-refractivity contribution in [3.63, 3.8) is 0 Å². The van der Waals surface area contributed by atoms with Crippen molar-refractivity contribution in [1.82, 2.24) is 9.88 Å². The lowest BCUT2D eigenvalue weighted by Crippen LogP contribution is -2.07. The lowest BCUT2D eigenvalue weighted by molar-refractivity contribution is -0.137. The lowest BCUT2D eigenvalue weighted by atomic mass is 10.3. The molecule has 0 unspecified atom stereocenters. The number of alkyl halides is 3. The van der Waals surface area contributed by atoms with Crippen LogP contribution in [0.3, 0.4) is 0 Å². The summed E-state index contributed by atoms with van der Waals surface area (Å²) in [6.45, 7) is 0. The van der Waals surface area contributed by atoms with E-state index in [1.165, 1.54) is 12.4 Å². The SMILES string of the molecule is CN(C)C=Nc1ccc(C(F)(F)F)cn1. The molecule has 82 valence electrons. The minimum atomic E-state index is -4.35. The first-order chi connectivity index (χ1) is 6.89. The number of rotatable bonds is 2. The second kappa shape index (κ2) is 4.29. The van der Waals surface area contributed by atoms with Gasteiger partial charge in [-0.15, -0.1) is 0 Å². The Morgan fingerprint density at radius 3 is 2.40 bits per heavy atom. The van der Waals surface area contributed by atoms with Gasteiger partial charge in [-0.05, 0) is 12.1 Å². The smallest absolute Gasteiger partial charge is 0.369 e. The molecular weight excluding hydrogens is 207 g/mol. The van der Waals surface area contributed by atoms with Gasteiger partial charge in [-0.3, -0.25) is 0 Å². The van der Waals surface area contributed by atoms with Gasteiger partial charge in [0.15, 0.2) is 5.82 Å². The van der Waals surface area contributed by atoms with Crippen LogP contribution < -0.4 is 0 Å². The minimum Gasteiger partial charge on any atom is -0.369 e. The molecule has 0 aliphatic carbocycles. The van der Waals surface area contributed by atoms with Gasteiger partial charge in [0.05, 0.1) is 11.9 Å². The topological polar surface area (TPSA) is 28.5 Å². The van der Waals surface area contributed by atoms with Gasteiger partial charge in [0, 0.05) is 20.3 Å². The maximum atomic E-state index is 12.1. The van der Waals surface area contributed by atoms with Gasteiger partial charge in [-0.2, -0.15) is 13.2 Å². The van der Waals surface area contributed by atoms with Crippen LogP contribution in [-0.4, -0.2) is 30.3 Å². The molecular formula is C9H10F3N3. The van der Waals surface area contributed by atoms with E-state index in [0.717, 1.165) is 12.3 Å². The third-order valence-electron chi connectivity index (χ3n) is 1.50. The third-order valence-corrected chi connectivity index (χ3v) is 1.50. The first kappa shape index (κ1) is 11.5. The standard InChI is InChI=1S/C9H10F3N3/c1-15(2)6-14-8-4-3-7(5-13-8)9(10,11)12/h3-6H,1-2H3. The Bertz CT molecular complexity index is 341. The first-order valence-corrected chi connectivity index (χ1v) is 4.13. The van der Waals surface area contributed by atoms with Crippen molar-refractivity contribution in [1.29, 1.82) is 0 Å². The zero-order valence-corrected chi connectivity index (χ0v) is 8.28. The molecule has 0 fully saturated rings. The van der Waals surface area contributed by atoms with E-state index in [-0.39, 0.29) is 5.82 Å². The minimum absolute atomic E-state index is 0.247. The summed E-state index contributed by atoms with van der Waals surface area (Å²) in [5.74, 6) is 0.247. The van der Waals surface area contributed by atoms with E-state index in [1.807, 2.05) is 0 Å². The van der Waals surface area contributed by atoms with Crippen LogP contribution in [0.15, 0.2) is 23.3 Å². The normalized spacial score (nSPS) is 12.1. The highest BCUT2D eigenvalue weighted by atomic mass is 19.4. The van der Waals surface area contributed by atoms with Crippen LogP contribution in [0.5, 0.6) is 0 Å². The fourth-order valence-electron chi connectivity index (χ4n) is 0.805. The Labute approximate surface area is 85.3 Å². The van der Waals surface area contributed by atoms with E-state index in [4.69, 9.17) is 0 Å². The van der Waals surface area contributed by atoms with Crippen molar-refractivity contribution in [3.8, 4) is 0 Å². The fourth-order valence-corrected chi connectivity index (χ4v) is 0.805. The van der Waals surface area contributed by atoms with Crippen LogP contribution in [0, 0.1) is 0 Å². The third kappa shape index (κ3) is 3.57. The second-order valence-corrected chi connectivity index (χ2v) is 3.11. The molecule has 0 aliphatic rings. The summed E-state index contributed by atoms with van der Waals surface area (Å²) in [5, 5.41) is 0. The van der Waals surface area contributed by atoms with Crippen molar-refractivity contribution >= 4 is 12.2 Å². The molecule has 6 heteroatoms. The largest absolute Gasteiger partial charge is 0.417 e. The molecule has 1 aromatic heterocycles. The molecule has 0 atom stereocenters. The number of hydrogen-bond donors (Lipinski definition) is 0. The van der Waals surface area contributed by atoms with Crippen LogP contribution in [-0.2, 0) is 6.18 Å². The van der Waals surface area contributed by atoms with E-state index in [9.17, 15) is 13.2 Å². The zero-order valence-electron chi connectivity index (χ0n) is 8.28. The van der Waals surface area contributed by atoms with Crippen LogP contribution in [0.4, 0.5) is 19.0 Å². The fraction of sp³-hybridized carbons (Fsp3) is 0.333. The van der Waals surface area contributed by atoms with Gasteiger partial charge in [0.25, 0.3) is 0 Å². The highest BCUT2D eigenvalue weighted by Gasteiger charge is 2.30.